The third-order valence-electron chi connectivity index (χ3n) is 1.87. The maximum atomic E-state index is 9.78. The van der Waals surface area contributed by atoms with Crippen LogP contribution in [-0.2, 0) is 0 Å². The number of aliphatic hydroxyl groups excluding tert-OH is 1. The van der Waals surface area contributed by atoms with Crippen LogP contribution in [0.1, 0.15) is 11.7 Å². The molecule has 1 aromatic rings. The topological polar surface area (TPSA) is 35.5 Å². The van der Waals surface area contributed by atoms with Gasteiger partial charge in [0.2, 0.25) is 0 Å². The first-order valence-electron chi connectivity index (χ1n) is 4.44. The Kier molecular flexibility index (Phi) is 4.35. The van der Waals surface area contributed by atoms with E-state index < -0.39 is 6.10 Å². The van der Waals surface area contributed by atoms with Gasteiger partial charge in [0.15, 0.2) is 0 Å². The van der Waals surface area contributed by atoms with Gasteiger partial charge in [-0.1, -0.05) is 29.8 Å². The summed E-state index contributed by atoms with van der Waals surface area (Å²) >= 11 is 5.93. The molecular formula is C10H15ClN2O. The average Bonchev–Trinajstić information content (AvgIpc) is 2.15. The molecule has 14 heavy (non-hydrogen) atoms. The van der Waals surface area contributed by atoms with Gasteiger partial charge < -0.3 is 5.11 Å². The van der Waals surface area contributed by atoms with E-state index in [0.717, 1.165) is 5.56 Å². The van der Waals surface area contributed by atoms with Crippen molar-refractivity contribution in [2.75, 3.05) is 20.6 Å². The smallest absolute Gasteiger partial charge is 0.0942 e. The number of hydrogen-bond acceptors (Lipinski definition) is 3. The Morgan fingerprint density at radius 1 is 1.43 bits per heavy atom. The van der Waals surface area contributed by atoms with Crippen LogP contribution in [0.3, 0.4) is 0 Å². The van der Waals surface area contributed by atoms with Gasteiger partial charge in [0.25, 0.3) is 0 Å². The third kappa shape index (κ3) is 3.27. The summed E-state index contributed by atoms with van der Waals surface area (Å²) in [6.07, 6.45) is -0.578. The molecule has 1 unspecified atom stereocenters. The Labute approximate surface area is 89.3 Å². The van der Waals surface area contributed by atoms with Crippen molar-refractivity contribution in [3.8, 4) is 0 Å². The molecule has 0 aliphatic carbocycles. The van der Waals surface area contributed by atoms with Crippen LogP contribution < -0.4 is 5.43 Å². The summed E-state index contributed by atoms with van der Waals surface area (Å²) in [5.74, 6) is 0. The molecule has 2 N–H and O–H groups in total. The van der Waals surface area contributed by atoms with E-state index in [0.29, 0.717) is 11.6 Å². The van der Waals surface area contributed by atoms with Gasteiger partial charge in [0.1, 0.15) is 0 Å². The van der Waals surface area contributed by atoms with Crippen LogP contribution in [0, 0.1) is 0 Å². The Balaban J connectivity index is 2.60. The van der Waals surface area contributed by atoms with Crippen molar-refractivity contribution < 1.29 is 5.11 Å². The van der Waals surface area contributed by atoms with Crippen LogP contribution >= 0.6 is 11.6 Å². The monoisotopic (exact) mass is 214 g/mol. The predicted molar refractivity (Wildman–Crippen MR) is 58.1 cm³/mol. The summed E-state index contributed by atoms with van der Waals surface area (Å²) in [7, 11) is 3.75. The molecule has 1 atom stereocenters. The number of nitrogens with zero attached hydrogens (tertiary/aromatic N) is 1. The standard InChI is InChI=1S/C10H15ClN2O/c1-13(2)12-7-10(14)8-5-3-4-6-9(8)11/h3-6,10,12,14H,7H2,1-2H3. The molecule has 3 nitrogen and oxygen atoms in total. The van der Waals surface area contributed by atoms with Crippen LogP contribution in [0.2, 0.25) is 5.02 Å². The van der Waals surface area contributed by atoms with Crippen LogP contribution in [0.5, 0.6) is 0 Å². The molecule has 78 valence electrons. The van der Waals surface area contributed by atoms with Gasteiger partial charge >= 0.3 is 0 Å². The summed E-state index contributed by atoms with van der Waals surface area (Å²) in [4.78, 5) is 0. The first-order valence-corrected chi connectivity index (χ1v) is 4.82. The number of halogens is 1. The van der Waals surface area contributed by atoms with Crippen molar-refractivity contribution in [3.05, 3.63) is 34.9 Å². The maximum absolute atomic E-state index is 9.78. The second kappa shape index (κ2) is 5.32. The number of aliphatic hydroxyl groups is 1. The minimum Gasteiger partial charge on any atom is -0.387 e. The third-order valence-corrected chi connectivity index (χ3v) is 2.21. The molecule has 0 bridgehead atoms. The highest BCUT2D eigenvalue weighted by atomic mass is 35.5. The number of hydrogen-bond donors (Lipinski definition) is 2. The molecule has 0 radical (unpaired) electrons. The molecule has 1 aromatic carbocycles. The van der Waals surface area contributed by atoms with E-state index in [1.807, 2.05) is 32.3 Å². The molecule has 0 aliphatic rings. The zero-order chi connectivity index (χ0) is 10.6. The van der Waals surface area contributed by atoms with Gasteiger partial charge in [-0.15, -0.1) is 0 Å². The Morgan fingerprint density at radius 2 is 2.07 bits per heavy atom. The molecule has 0 aromatic heterocycles. The predicted octanol–water partition coefficient (Wildman–Crippen LogP) is 1.44. The molecule has 0 fully saturated rings. The van der Waals surface area contributed by atoms with Crippen molar-refractivity contribution in [3.63, 3.8) is 0 Å². The quantitative estimate of drug-likeness (QED) is 0.745. The minimum absolute atomic E-state index is 0.455. The van der Waals surface area contributed by atoms with Gasteiger partial charge in [-0.2, -0.15) is 0 Å². The molecule has 4 heteroatoms. The lowest BCUT2D eigenvalue weighted by atomic mass is 10.1. The van der Waals surface area contributed by atoms with E-state index in [9.17, 15) is 5.11 Å². The Bertz CT molecular complexity index is 291. The lowest BCUT2D eigenvalue weighted by molar-refractivity contribution is 0.141. The van der Waals surface area contributed by atoms with Gasteiger partial charge in [-0.25, -0.2) is 0 Å². The normalized spacial score (nSPS) is 13.2. The maximum Gasteiger partial charge on any atom is 0.0942 e. The van der Waals surface area contributed by atoms with Crippen molar-refractivity contribution in [2.24, 2.45) is 0 Å². The summed E-state index contributed by atoms with van der Waals surface area (Å²) in [6, 6.07) is 7.30. The van der Waals surface area contributed by atoms with Crippen molar-refractivity contribution >= 4 is 11.6 Å². The number of benzene rings is 1. The Hall–Kier alpha value is -0.610. The second-order valence-corrected chi connectivity index (χ2v) is 3.70. The van der Waals surface area contributed by atoms with E-state index in [1.165, 1.54) is 0 Å². The molecule has 0 amide bonds. The van der Waals surface area contributed by atoms with Crippen LogP contribution in [0.4, 0.5) is 0 Å². The van der Waals surface area contributed by atoms with Crippen LogP contribution in [0.25, 0.3) is 0 Å². The van der Waals surface area contributed by atoms with E-state index >= 15 is 0 Å². The highest BCUT2D eigenvalue weighted by Gasteiger charge is 2.10. The van der Waals surface area contributed by atoms with Gasteiger partial charge in [-0.05, 0) is 6.07 Å². The fraction of sp³-hybridized carbons (Fsp3) is 0.400. The first kappa shape index (κ1) is 11.5. The Morgan fingerprint density at radius 3 is 2.64 bits per heavy atom. The van der Waals surface area contributed by atoms with Gasteiger partial charge in [0.05, 0.1) is 6.10 Å². The van der Waals surface area contributed by atoms with E-state index in [2.05, 4.69) is 5.43 Å². The minimum atomic E-state index is -0.578. The number of rotatable bonds is 4. The SMILES string of the molecule is CN(C)NCC(O)c1ccccc1Cl. The molecule has 0 heterocycles. The number of nitrogens with one attached hydrogen (secondary N) is 1. The highest BCUT2D eigenvalue weighted by Crippen LogP contribution is 2.21. The largest absolute Gasteiger partial charge is 0.387 e. The second-order valence-electron chi connectivity index (χ2n) is 3.29. The molecule has 0 saturated heterocycles. The van der Waals surface area contributed by atoms with E-state index in [4.69, 9.17) is 11.6 Å². The molecular weight excluding hydrogens is 200 g/mol. The molecule has 0 saturated carbocycles. The fourth-order valence-corrected chi connectivity index (χ4v) is 1.39. The summed E-state index contributed by atoms with van der Waals surface area (Å²) in [5, 5.41) is 12.2. The summed E-state index contributed by atoms with van der Waals surface area (Å²) in [6.45, 7) is 0.455. The zero-order valence-corrected chi connectivity index (χ0v) is 9.12. The van der Waals surface area contributed by atoms with Crippen molar-refractivity contribution in [2.45, 2.75) is 6.10 Å². The van der Waals surface area contributed by atoms with Crippen molar-refractivity contribution in [1.29, 1.82) is 0 Å². The van der Waals surface area contributed by atoms with Crippen molar-refractivity contribution in [1.82, 2.24) is 10.4 Å². The highest BCUT2D eigenvalue weighted by molar-refractivity contribution is 6.31. The average molecular weight is 215 g/mol. The molecule has 0 spiro atoms. The van der Waals surface area contributed by atoms with Crippen LogP contribution in [-0.4, -0.2) is 30.8 Å². The van der Waals surface area contributed by atoms with Gasteiger partial charge in [0, 0.05) is 31.2 Å². The number of hydrazine groups is 1. The van der Waals surface area contributed by atoms with Crippen LogP contribution in [0.15, 0.2) is 24.3 Å². The lowest BCUT2D eigenvalue weighted by Crippen LogP contribution is -2.34. The molecule has 0 aliphatic heterocycles. The van der Waals surface area contributed by atoms with E-state index in [-0.39, 0.29) is 0 Å². The summed E-state index contributed by atoms with van der Waals surface area (Å²) in [5.41, 5.74) is 3.75. The molecule has 1 rings (SSSR count). The summed E-state index contributed by atoms with van der Waals surface area (Å²) < 4.78 is 0. The van der Waals surface area contributed by atoms with E-state index in [1.54, 1.807) is 11.1 Å². The lowest BCUT2D eigenvalue weighted by Gasteiger charge is -2.17. The zero-order valence-electron chi connectivity index (χ0n) is 8.37. The fourth-order valence-electron chi connectivity index (χ4n) is 1.12. The van der Waals surface area contributed by atoms with Gasteiger partial charge in [-0.3, -0.25) is 10.4 Å². The first-order chi connectivity index (χ1) is 6.61.